The lowest BCUT2D eigenvalue weighted by molar-refractivity contribution is 0.648. The third-order valence-corrected chi connectivity index (χ3v) is 3.04. The molecule has 1 aromatic carbocycles. The van der Waals surface area contributed by atoms with E-state index in [0.29, 0.717) is 13.1 Å². The molecule has 0 atom stereocenters. The molecule has 2 aromatic rings. The van der Waals surface area contributed by atoms with Gasteiger partial charge in [-0.25, -0.2) is 4.98 Å². The van der Waals surface area contributed by atoms with Crippen LogP contribution in [0.3, 0.4) is 0 Å². The average molecular weight is 257 g/mol. The number of aromatic nitrogens is 2. The van der Waals surface area contributed by atoms with Gasteiger partial charge in [-0.2, -0.15) is 0 Å². The summed E-state index contributed by atoms with van der Waals surface area (Å²) in [4.78, 5) is 16.1. The molecule has 1 aromatic heterocycles. The Labute approximate surface area is 113 Å². The second-order valence-corrected chi connectivity index (χ2v) is 4.73. The van der Waals surface area contributed by atoms with Gasteiger partial charge in [0.2, 0.25) is 0 Å². The lowest BCUT2D eigenvalue weighted by Crippen LogP contribution is -2.26. The SMILES string of the molecule is Cc1ccc(NCCn2c(C)nc(C)cc2=O)cc1. The summed E-state index contributed by atoms with van der Waals surface area (Å²) in [7, 11) is 0. The molecular weight excluding hydrogens is 238 g/mol. The zero-order valence-electron chi connectivity index (χ0n) is 11.6. The van der Waals surface area contributed by atoms with Crippen molar-refractivity contribution in [3.8, 4) is 0 Å². The predicted octanol–water partition coefficient (Wildman–Crippen LogP) is 2.28. The number of aryl methyl sites for hydroxylation is 3. The molecule has 0 aliphatic rings. The third kappa shape index (κ3) is 3.44. The summed E-state index contributed by atoms with van der Waals surface area (Å²) in [5.41, 5.74) is 3.08. The highest BCUT2D eigenvalue weighted by atomic mass is 16.1. The van der Waals surface area contributed by atoms with Crippen molar-refractivity contribution >= 4 is 5.69 Å². The van der Waals surface area contributed by atoms with E-state index in [1.54, 1.807) is 10.6 Å². The molecule has 19 heavy (non-hydrogen) atoms. The highest BCUT2D eigenvalue weighted by molar-refractivity contribution is 5.44. The zero-order chi connectivity index (χ0) is 13.8. The van der Waals surface area contributed by atoms with Crippen LogP contribution in [0.2, 0.25) is 0 Å². The number of nitrogens with one attached hydrogen (secondary N) is 1. The van der Waals surface area contributed by atoms with E-state index in [2.05, 4.69) is 29.4 Å². The first-order valence-corrected chi connectivity index (χ1v) is 6.42. The fourth-order valence-corrected chi connectivity index (χ4v) is 2.02. The van der Waals surface area contributed by atoms with Crippen LogP contribution in [0.4, 0.5) is 5.69 Å². The second-order valence-electron chi connectivity index (χ2n) is 4.73. The lowest BCUT2D eigenvalue weighted by Gasteiger charge is -2.11. The molecule has 2 rings (SSSR count). The number of nitrogens with zero attached hydrogens (tertiary/aromatic N) is 2. The van der Waals surface area contributed by atoms with Crippen LogP contribution in [-0.4, -0.2) is 16.1 Å². The van der Waals surface area contributed by atoms with Gasteiger partial charge in [0.15, 0.2) is 0 Å². The van der Waals surface area contributed by atoms with Crippen molar-refractivity contribution < 1.29 is 0 Å². The molecule has 0 unspecified atom stereocenters. The molecule has 1 heterocycles. The fourth-order valence-electron chi connectivity index (χ4n) is 2.02. The van der Waals surface area contributed by atoms with E-state index in [-0.39, 0.29) is 5.56 Å². The Kier molecular flexibility index (Phi) is 4.00. The first-order chi connectivity index (χ1) is 9.06. The van der Waals surface area contributed by atoms with E-state index >= 15 is 0 Å². The lowest BCUT2D eigenvalue weighted by atomic mass is 10.2. The summed E-state index contributed by atoms with van der Waals surface area (Å²) in [5.74, 6) is 0.760. The normalized spacial score (nSPS) is 10.5. The Bertz CT molecular complexity index is 614. The highest BCUT2D eigenvalue weighted by Gasteiger charge is 2.02. The summed E-state index contributed by atoms with van der Waals surface area (Å²) in [6.45, 7) is 7.08. The minimum absolute atomic E-state index is 0.00991. The predicted molar refractivity (Wildman–Crippen MR) is 77.6 cm³/mol. The summed E-state index contributed by atoms with van der Waals surface area (Å²) in [6, 6.07) is 9.77. The van der Waals surface area contributed by atoms with Crippen molar-refractivity contribution in [2.24, 2.45) is 0 Å². The second kappa shape index (κ2) is 5.69. The topological polar surface area (TPSA) is 46.9 Å². The van der Waals surface area contributed by atoms with Gasteiger partial charge in [-0.05, 0) is 32.9 Å². The molecule has 0 aliphatic carbocycles. The van der Waals surface area contributed by atoms with E-state index < -0.39 is 0 Å². The van der Waals surface area contributed by atoms with Gasteiger partial charge in [0.05, 0.1) is 0 Å². The summed E-state index contributed by atoms with van der Waals surface area (Å²) in [5, 5.41) is 3.30. The number of benzene rings is 1. The maximum atomic E-state index is 11.8. The van der Waals surface area contributed by atoms with Crippen LogP contribution in [0, 0.1) is 20.8 Å². The van der Waals surface area contributed by atoms with Gasteiger partial charge < -0.3 is 5.32 Å². The van der Waals surface area contributed by atoms with Crippen LogP contribution in [0.1, 0.15) is 17.1 Å². The molecule has 0 saturated heterocycles. The van der Waals surface area contributed by atoms with Crippen LogP contribution in [0.25, 0.3) is 0 Å². The number of anilines is 1. The molecule has 0 radical (unpaired) electrons. The number of hydrogen-bond donors (Lipinski definition) is 1. The maximum Gasteiger partial charge on any atom is 0.253 e. The number of hydrogen-bond acceptors (Lipinski definition) is 3. The third-order valence-electron chi connectivity index (χ3n) is 3.04. The van der Waals surface area contributed by atoms with Crippen molar-refractivity contribution in [1.82, 2.24) is 9.55 Å². The molecule has 0 amide bonds. The van der Waals surface area contributed by atoms with Crippen LogP contribution >= 0.6 is 0 Å². The van der Waals surface area contributed by atoms with Gasteiger partial charge in [-0.1, -0.05) is 17.7 Å². The average Bonchev–Trinajstić information content (AvgIpc) is 2.34. The number of rotatable bonds is 4. The Hall–Kier alpha value is -2.10. The van der Waals surface area contributed by atoms with Crippen molar-refractivity contribution in [3.05, 3.63) is 57.8 Å². The van der Waals surface area contributed by atoms with Crippen molar-refractivity contribution in [2.75, 3.05) is 11.9 Å². The molecular formula is C15H19N3O. The van der Waals surface area contributed by atoms with E-state index in [1.165, 1.54) is 5.56 Å². The molecule has 0 aliphatic heterocycles. The summed E-state index contributed by atoms with van der Waals surface area (Å²) in [6.07, 6.45) is 0. The molecule has 4 nitrogen and oxygen atoms in total. The zero-order valence-corrected chi connectivity index (χ0v) is 11.6. The van der Waals surface area contributed by atoms with Crippen molar-refractivity contribution in [3.63, 3.8) is 0 Å². The Morgan fingerprint density at radius 2 is 1.84 bits per heavy atom. The molecule has 0 fully saturated rings. The summed E-state index contributed by atoms with van der Waals surface area (Å²) < 4.78 is 1.69. The largest absolute Gasteiger partial charge is 0.383 e. The fraction of sp³-hybridized carbons (Fsp3) is 0.333. The van der Waals surface area contributed by atoms with Gasteiger partial charge in [0.1, 0.15) is 5.82 Å². The van der Waals surface area contributed by atoms with Crippen LogP contribution in [0.5, 0.6) is 0 Å². The van der Waals surface area contributed by atoms with Crippen LogP contribution in [-0.2, 0) is 6.54 Å². The quantitative estimate of drug-likeness (QED) is 0.914. The molecule has 4 heteroatoms. The van der Waals surface area contributed by atoms with Gasteiger partial charge in [0.25, 0.3) is 5.56 Å². The standard InChI is InChI=1S/C15H19N3O/c1-11-4-6-14(7-5-11)16-8-9-18-13(3)17-12(2)10-15(18)19/h4-7,10,16H,8-9H2,1-3H3. The molecule has 1 N–H and O–H groups in total. The monoisotopic (exact) mass is 257 g/mol. The van der Waals surface area contributed by atoms with Gasteiger partial charge in [0, 0.05) is 30.5 Å². The Morgan fingerprint density at radius 1 is 1.16 bits per heavy atom. The van der Waals surface area contributed by atoms with Gasteiger partial charge in [-0.15, -0.1) is 0 Å². The summed E-state index contributed by atoms with van der Waals surface area (Å²) >= 11 is 0. The van der Waals surface area contributed by atoms with E-state index in [4.69, 9.17) is 0 Å². The van der Waals surface area contributed by atoms with Crippen molar-refractivity contribution in [2.45, 2.75) is 27.3 Å². The Balaban J connectivity index is 2.00. The van der Waals surface area contributed by atoms with Crippen LogP contribution < -0.4 is 10.9 Å². The minimum atomic E-state index is 0.00991. The van der Waals surface area contributed by atoms with E-state index in [1.807, 2.05) is 26.0 Å². The van der Waals surface area contributed by atoms with Gasteiger partial charge >= 0.3 is 0 Å². The van der Waals surface area contributed by atoms with E-state index in [9.17, 15) is 4.79 Å². The Morgan fingerprint density at radius 3 is 2.47 bits per heavy atom. The molecule has 0 saturated carbocycles. The maximum absolute atomic E-state index is 11.8. The van der Waals surface area contributed by atoms with Gasteiger partial charge in [-0.3, -0.25) is 9.36 Å². The first-order valence-electron chi connectivity index (χ1n) is 6.42. The smallest absolute Gasteiger partial charge is 0.253 e. The van der Waals surface area contributed by atoms with Crippen LogP contribution in [0.15, 0.2) is 35.1 Å². The van der Waals surface area contributed by atoms with Crippen molar-refractivity contribution in [1.29, 1.82) is 0 Å². The van der Waals surface area contributed by atoms with E-state index in [0.717, 1.165) is 17.2 Å². The molecule has 0 spiro atoms. The molecule has 100 valence electrons. The highest BCUT2D eigenvalue weighted by Crippen LogP contribution is 2.08. The first kappa shape index (κ1) is 13.3. The minimum Gasteiger partial charge on any atom is -0.383 e. The molecule has 0 bridgehead atoms.